The van der Waals surface area contributed by atoms with Crippen LogP contribution in [0.2, 0.25) is 0 Å². The minimum absolute atomic E-state index is 0.0126. The summed E-state index contributed by atoms with van der Waals surface area (Å²) in [5, 5.41) is 10.9. The van der Waals surface area contributed by atoms with E-state index in [0.717, 1.165) is 5.56 Å². The highest BCUT2D eigenvalue weighted by molar-refractivity contribution is 6.38. The molecule has 2 aromatic rings. The number of benzene rings is 1. The molecule has 2 atom stereocenters. The maximum absolute atomic E-state index is 12.7. The lowest BCUT2D eigenvalue weighted by molar-refractivity contribution is -0.139. The second-order valence-electron chi connectivity index (χ2n) is 6.38. The van der Waals surface area contributed by atoms with Crippen LogP contribution in [0, 0.1) is 0 Å². The number of aromatic nitrogens is 1. The van der Waals surface area contributed by atoms with Gasteiger partial charge in [0.15, 0.2) is 11.8 Å². The molecule has 3 N–H and O–H groups in total. The van der Waals surface area contributed by atoms with E-state index in [9.17, 15) is 19.2 Å². The van der Waals surface area contributed by atoms with Crippen molar-refractivity contribution in [2.45, 2.75) is 31.5 Å². The molecule has 1 fully saturated rings. The average molecular weight is 400 g/mol. The molecule has 0 radical (unpaired) electrons. The van der Waals surface area contributed by atoms with E-state index in [1.165, 1.54) is 12.3 Å². The smallest absolute Gasteiger partial charge is 0.408 e. The van der Waals surface area contributed by atoms with Gasteiger partial charge < -0.3 is 25.2 Å². The van der Waals surface area contributed by atoms with Gasteiger partial charge in [0.1, 0.15) is 6.61 Å². The standard InChI is InChI=1S/C19H20N4O6/c24-16-13(7-4-9-20-18(16)26)22-17(25)15(14-8-10-21-29-14)23-19(27)28-11-12-5-2-1-3-6-12/h1-3,5-6,8,10,13,15H,4,7,9,11H2,(H,20,26)(H,22,25)(H,23,27). The van der Waals surface area contributed by atoms with Gasteiger partial charge in [0, 0.05) is 12.6 Å². The third-order valence-electron chi connectivity index (χ3n) is 4.29. The molecule has 3 rings (SSSR count). The van der Waals surface area contributed by atoms with Crippen LogP contribution in [0.5, 0.6) is 0 Å². The predicted octanol–water partition coefficient (Wildman–Crippen LogP) is 0.606. The molecule has 29 heavy (non-hydrogen) atoms. The lowest BCUT2D eigenvalue weighted by Crippen LogP contribution is -2.49. The zero-order valence-electron chi connectivity index (χ0n) is 15.4. The molecule has 1 aromatic carbocycles. The fourth-order valence-electron chi connectivity index (χ4n) is 2.80. The third kappa shape index (κ3) is 5.41. The van der Waals surface area contributed by atoms with E-state index in [1.807, 2.05) is 6.07 Å². The van der Waals surface area contributed by atoms with Crippen molar-refractivity contribution in [3.8, 4) is 0 Å². The minimum Gasteiger partial charge on any atom is -0.445 e. The summed E-state index contributed by atoms with van der Waals surface area (Å²) in [6.07, 6.45) is 1.29. The number of carbonyl (C=O) groups is 4. The third-order valence-corrected chi connectivity index (χ3v) is 4.29. The molecule has 0 aliphatic carbocycles. The number of alkyl carbamates (subject to hydrolysis) is 1. The van der Waals surface area contributed by atoms with Crippen LogP contribution in [0.4, 0.5) is 4.79 Å². The van der Waals surface area contributed by atoms with Gasteiger partial charge in [0.2, 0.25) is 5.78 Å². The van der Waals surface area contributed by atoms with Crippen LogP contribution in [0.1, 0.15) is 30.2 Å². The molecule has 1 saturated heterocycles. The first-order valence-electron chi connectivity index (χ1n) is 9.05. The van der Waals surface area contributed by atoms with Gasteiger partial charge in [-0.2, -0.15) is 0 Å². The molecule has 1 aliphatic heterocycles. The van der Waals surface area contributed by atoms with E-state index >= 15 is 0 Å². The molecular formula is C19H20N4O6. The summed E-state index contributed by atoms with van der Waals surface area (Å²) in [6, 6.07) is 8.17. The normalized spacial score (nSPS) is 17.6. The summed E-state index contributed by atoms with van der Waals surface area (Å²) in [7, 11) is 0. The van der Waals surface area contributed by atoms with E-state index in [4.69, 9.17) is 9.26 Å². The van der Waals surface area contributed by atoms with E-state index < -0.39 is 35.8 Å². The van der Waals surface area contributed by atoms with E-state index in [2.05, 4.69) is 21.1 Å². The minimum atomic E-state index is -1.28. The van der Waals surface area contributed by atoms with Crippen molar-refractivity contribution in [3.63, 3.8) is 0 Å². The van der Waals surface area contributed by atoms with Gasteiger partial charge in [-0.1, -0.05) is 35.5 Å². The Bertz CT molecular complexity index is 868. The van der Waals surface area contributed by atoms with Crippen LogP contribution >= 0.6 is 0 Å². The number of ether oxygens (including phenoxy) is 1. The molecule has 3 amide bonds. The van der Waals surface area contributed by atoms with Gasteiger partial charge in [-0.3, -0.25) is 14.4 Å². The highest BCUT2D eigenvalue weighted by atomic mass is 16.5. The monoisotopic (exact) mass is 400 g/mol. The lowest BCUT2D eigenvalue weighted by atomic mass is 10.1. The second-order valence-corrected chi connectivity index (χ2v) is 6.38. The topological polar surface area (TPSA) is 140 Å². The largest absolute Gasteiger partial charge is 0.445 e. The Hall–Kier alpha value is -3.69. The Morgan fingerprint density at radius 3 is 2.76 bits per heavy atom. The van der Waals surface area contributed by atoms with Gasteiger partial charge in [-0.05, 0) is 18.4 Å². The number of nitrogens with one attached hydrogen (secondary N) is 3. The second kappa shape index (κ2) is 9.49. The van der Waals surface area contributed by atoms with E-state index in [-0.39, 0.29) is 12.4 Å². The first-order chi connectivity index (χ1) is 14.0. The van der Waals surface area contributed by atoms with E-state index in [0.29, 0.717) is 19.4 Å². The van der Waals surface area contributed by atoms with Gasteiger partial charge in [-0.25, -0.2) is 4.79 Å². The number of carbonyl (C=O) groups excluding carboxylic acids is 4. The fourth-order valence-corrected chi connectivity index (χ4v) is 2.80. The van der Waals surface area contributed by atoms with Crippen molar-refractivity contribution in [3.05, 3.63) is 53.9 Å². The molecule has 1 aliphatic rings. The Balaban J connectivity index is 1.65. The van der Waals surface area contributed by atoms with Gasteiger partial charge in [0.05, 0.1) is 12.2 Å². The molecule has 0 bridgehead atoms. The summed E-state index contributed by atoms with van der Waals surface area (Å²) in [5.41, 5.74) is 0.776. The van der Waals surface area contributed by atoms with Crippen molar-refractivity contribution in [2.24, 2.45) is 0 Å². The number of nitrogens with zero attached hydrogens (tertiary/aromatic N) is 1. The van der Waals surface area contributed by atoms with Crippen molar-refractivity contribution >= 4 is 23.7 Å². The summed E-state index contributed by atoms with van der Waals surface area (Å²) in [4.78, 5) is 48.7. The first-order valence-corrected chi connectivity index (χ1v) is 9.05. The van der Waals surface area contributed by atoms with Crippen LogP contribution in [0.15, 0.2) is 47.1 Å². The van der Waals surface area contributed by atoms with Crippen molar-refractivity contribution < 1.29 is 28.4 Å². The molecular weight excluding hydrogens is 380 g/mol. The number of ketones is 1. The fraction of sp³-hybridized carbons (Fsp3) is 0.316. The van der Waals surface area contributed by atoms with Crippen molar-refractivity contribution in [1.29, 1.82) is 0 Å². The molecule has 2 heterocycles. The number of amides is 3. The molecule has 10 heteroatoms. The summed E-state index contributed by atoms with van der Waals surface area (Å²) >= 11 is 0. The highest BCUT2D eigenvalue weighted by Crippen LogP contribution is 2.14. The van der Waals surface area contributed by atoms with Gasteiger partial charge in [0.25, 0.3) is 11.8 Å². The molecule has 10 nitrogen and oxygen atoms in total. The summed E-state index contributed by atoms with van der Waals surface area (Å²) < 4.78 is 10.1. The molecule has 2 unspecified atom stereocenters. The zero-order valence-corrected chi connectivity index (χ0v) is 15.4. The SMILES string of the molecule is O=C(NC(C(=O)NC1CCCNC(=O)C1=O)c1ccno1)OCc1ccccc1. The molecule has 1 aromatic heterocycles. The van der Waals surface area contributed by atoms with Crippen molar-refractivity contribution in [2.75, 3.05) is 6.54 Å². The Labute approximate surface area is 166 Å². The van der Waals surface area contributed by atoms with Crippen LogP contribution < -0.4 is 16.0 Å². The van der Waals surface area contributed by atoms with Crippen LogP contribution in [0.25, 0.3) is 0 Å². The van der Waals surface area contributed by atoms with Crippen LogP contribution in [-0.2, 0) is 25.7 Å². The first kappa shape index (κ1) is 20.1. The number of hydrogen-bond acceptors (Lipinski definition) is 7. The highest BCUT2D eigenvalue weighted by Gasteiger charge is 2.33. The Kier molecular flexibility index (Phi) is 6.56. The van der Waals surface area contributed by atoms with Crippen LogP contribution in [0.3, 0.4) is 0 Å². The maximum atomic E-state index is 12.7. The number of hydrogen-bond donors (Lipinski definition) is 3. The predicted molar refractivity (Wildman–Crippen MR) is 98.2 cm³/mol. The quantitative estimate of drug-likeness (QED) is 0.604. The molecule has 0 saturated carbocycles. The van der Waals surface area contributed by atoms with Crippen LogP contribution in [-0.4, -0.2) is 41.4 Å². The van der Waals surface area contributed by atoms with E-state index in [1.54, 1.807) is 24.3 Å². The van der Waals surface area contributed by atoms with Crippen molar-refractivity contribution in [1.82, 2.24) is 21.1 Å². The average Bonchev–Trinajstić information content (AvgIpc) is 3.22. The Morgan fingerprint density at radius 2 is 2.03 bits per heavy atom. The Morgan fingerprint density at radius 1 is 1.24 bits per heavy atom. The van der Waals surface area contributed by atoms with Gasteiger partial charge >= 0.3 is 6.09 Å². The summed E-state index contributed by atoms with van der Waals surface area (Å²) in [6.45, 7) is 0.366. The van der Waals surface area contributed by atoms with Gasteiger partial charge in [-0.15, -0.1) is 0 Å². The zero-order chi connectivity index (χ0) is 20.6. The number of rotatable bonds is 6. The number of Topliss-reactive ketones (excluding diaryl/α,β-unsaturated/α-hetero) is 1. The molecule has 0 spiro atoms. The molecule has 152 valence electrons. The summed E-state index contributed by atoms with van der Waals surface area (Å²) in [5.74, 6) is -2.14. The lowest BCUT2D eigenvalue weighted by Gasteiger charge is -2.19. The maximum Gasteiger partial charge on any atom is 0.408 e.